The first-order valence-corrected chi connectivity index (χ1v) is 14.7. The van der Waals surface area contributed by atoms with Crippen molar-refractivity contribution in [2.75, 3.05) is 6.61 Å². The Kier molecular flexibility index (Phi) is 16.9. The van der Waals surface area contributed by atoms with Crippen LogP contribution in [0.3, 0.4) is 0 Å². The molecule has 1 aliphatic carbocycles. The molecular formula is C29H59NO5. The van der Waals surface area contributed by atoms with Crippen LogP contribution < -0.4 is 5.73 Å². The van der Waals surface area contributed by atoms with E-state index in [0.29, 0.717) is 6.42 Å². The Balaban J connectivity index is 2.17. The van der Waals surface area contributed by atoms with E-state index in [1.54, 1.807) is 0 Å². The van der Waals surface area contributed by atoms with Gasteiger partial charge in [0, 0.05) is 0 Å². The monoisotopic (exact) mass is 501 g/mol. The molecule has 7 atom stereocenters. The van der Waals surface area contributed by atoms with Gasteiger partial charge in [-0.15, -0.1) is 0 Å². The van der Waals surface area contributed by atoms with Crippen molar-refractivity contribution in [1.82, 2.24) is 0 Å². The molecule has 1 fully saturated rings. The van der Waals surface area contributed by atoms with E-state index in [0.717, 1.165) is 25.7 Å². The van der Waals surface area contributed by atoms with Crippen LogP contribution >= 0.6 is 0 Å². The highest BCUT2D eigenvalue weighted by atomic mass is 16.5. The van der Waals surface area contributed by atoms with Crippen LogP contribution in [0.4, 0.5) is 0 Å². The number of hydrogen-bond donors (Lipinski definition) is 4. The van der Waals surface area contributed by atoms with Crippen molar-refractivity contribution in [2.45, 2.75) is 173 Å². The lowest BCUT2D eigenvalue weighted by atomic mass is 9.83. The molecule has 0 saturated heterocycles. The summed E-state index contributed by atoms with van der Waals surface area (Å²) in [5.74, 6) is 0.251. The van der Waals surface area contributed by atoms with Gasteiger partial charge >= 0.3 is 0 Å². The fourth-order valence-electron chi connectivity index (χ4n) is 5.07. The van der Waals surface area contributed by atoms with E-state index in [1.165, 1.54) is 64.2 Å². The largest absolute Gasteiger partial charge is 0.390 e. The third-order valence-corrected chi connectivity index (χ3v) is 7.36. The highest BCUT2D eigenvalue weighted by molar-refractivity contribution is 4.90. The first-order valence-electron chi connectivity index (χ1n) is 14.7. The Morgan fingerprint density at radius 3 is 1.89 bits per heavy atom. The van der Waals surface area contributed by atoms with E-state index >= 15 is 0 Å². The van der Waals surface area contributed by atoms with Crippen molar-refractivity contribution in [3.63, 3.8) is 0 Å². The number of unbranched alkanes of at least 4 members (excludes halogenated alkanes) is 11. The van der Waals surface area contributed by atoms with Gasteiger partial charge in [0.2, 0.25) is 0 Å². The second-order valence-electron chi connectivity index (χ2n) is 12.0. The molecule has 6 heteroatoms. The lowest BCUT2D eigenvalue weighted by Crippen LogP contribution is -2.52. The van der Waals surface area contributed by atoms with Gasteiger partial charge in [0.25, 0.3) is 0 Å². The van der Waals surface area contributed by atoms with Gasteiger partial charge in [-0.25, -0.2) is 0 Å². The maximum Gasteiger partial charge on any atom is 0.107 e. The second kappa shape index (κ2) is 18.1. The zero-order valence-electron chi connectivity index (χ0n) is 23.6. The molecule has 1 aliphatic rings. The van der Waals surface area contributed by atoms with Crippen molar-refractivity contribution < 1.29 is 24.8 Å². The molecule has 0 aliphatic heterocycles. The topological polar surface area (TPSA) is 105 Å². The van der Waals surface area contributed by atoms with Crippen LogP contribution in [0.2, 0.25) is 0 Å². The molecular weight excluding hydrogens is 442 g/mol. The number of aliphatic hydroxyl groups excluding tert-OH is 3. The zero-order valence-corrected chi connectivity index (χ0v) is 23.6. The van der Waals surface area contributed by atoms with Crippen LogP contribution in [0.15, 0.2) is 0 Å². The Morgan fingerprint density at radius 1 is 0.857 bits per heavy atom. The molecule has 0 spiro atoms. The van der Waals surface area contributed by atoms with Crippen LogP contribution in [0.1, 0.15) is 131 Å². The number of rotatable bonds is 19. The average Bonchev–Trinajstić information content (AvgIpc) is 2.80. The molecule has 1 unspecified atom stereocenters. The predicted molar refractivity (Wildman–Crippen MR) is 144 cm³/mol. The Morgan fingerprint density at radius 2 is 1.37 bits per heavy atom. The minimum atomic E-state index is -1.02. The predicted octanol–water partition coefficient (Wildman–Crippen LogP) is 5.49. The van der Waals surface area contributed by atoms with Crippen LogP contribution in [0.25, 0.3) is 0 Å². The average molecular weight is 502 g/mol. The summed E-state index contributed by atoms with van der Waals surface area (Å²) in [6.07, 6.45) is 14.2. The van der Waals surface area contributed by atoms with Crippen molar-refractivity contribution in [3.8, 4) is 0 Å². The van der Waals surface area contributed by atoms with E-state index in [9.17, 15) is 15.3 Å². The first kappa shape index (κ1) is 32.8. The van der Waals surface area contributed by atoms with Crippen molar-refractivity contribution in [2.24, 2.45) is 11.7 Å². The smallest absolute Gasteiger partial charge is 0.107 e. The molecule has 0 radical (unpaired) electrons. The number of ether oxygens (including phenoxy) is 2. The van der Waals surface area contributed by atoms with E-state index < -0.39 is 24.4 Å². The van der Waals surface area contributed by atoms with Crippen molar-refractivity contribution in [3.05, 3.63) is 0 Å². The van der Waals surface area contributed by atoms with Gasteiger partial charge in [-0.3, -0.25) is 0 Å². The lowest BCUT2D eigenvalue weighted by molar-refractivity contribution is -0.188. The SMILES string of the molecule is CCCCCCCCCCCCCC[C@H](O)[C@H](O)[C@H](N)COC1CC[C@H](C)[C@H](OC(C)(C)C)[C@H]1O. The minimum absolute atomic E-state index is 0.106. The van der Waals surface area contributed by atoms with Gasteiger partial charge in [0.15, 0.2) is 0 Å². The number of nitrogens with two attached hydrogens (primary N) is 1. The quantitative estimate of drug-likeness (QED) is 0.175. The standard InChI is InChI=1S/C29H59NO5/c1-6-7-8-9-10-11-12-13-14-15-16-17-18-24(31)26(32)23(30)21-34-25-20-19-22(2)28(27(25)33)35-29(3,4)5/h22-28,31-33H,6-21,30H2,1-5H3/t22-,23+,24-,25?,26+,27-,28-/m0/s1. The van der Waals surface area contributed by atoms with Crippen LogP contribution in [-0.2, 0) is 9.47 Å². The third kappa shape index (κ3) is 14.3. The van der Waals surface area contributed by atoms with Gasteiger partial charge in [-0.1, -0.05) is 90.9 Å². The Hall–Kier alpha value is -0.240. The highest BCUT2D eigenvalue weighted by Gasteiger charge is 2.40. The van der Waals surface area contributed by atoms with Crippen molar-refractivity contribution >= 4 is 0 Å². The molecule has 0 bridgehead atoms. The van der Waals surface area contributed by atoms with E-state index in [1.807, 2.05) is 20.8 Å². The van der Waals surface area contributed by atoms with Crippen molar-refractivity contribution in [1.29, 1.82) is 0 Å². The molecule has 35 heavy (non-hydrogen) atoms. The zero-order chi connectivity index (χ0) is 26.3. The van der Waals surface area contributed by atoms with E-state index in [-0.39, 0.29) is 30.3 Å². The number of hydrogen-bond acceptors (Lipinski definition) is 6. The molecule has 6 nitrogen and oxygen atoms in total. The summed E-state index contributed by atoms with van der Waals surface area (Å²) in [5, 5.41) is 31.7. The Bertz CT molecular complexity index is 512. The molecule has 0 aromatic carbocycles. The Labute approximate surface area is 216 Å². The summed E-state index contributed by atoms with van der Waals surface area (Å²) < 4.78 is 12.0. The maximum atomic E-state index is 10.8. The molecule has 1 rings (SSSR count). The van der Waals surface area contributed by atoms with Gasteiger partial charge in [-0.2, -0.15) is 0 Å². The summed E-state index contributed by atoms with van der Waals surface area (Å²) in [6.45, 7) is 10.4. The van der Waals surface area contributed by atoms with Gasteiger partial charge < -0.3 is 30.5 Å². The highest BCUT2D eigenvalue weighted by Crippen LogP contribution is 2.32. The minimum Gasteiger partial charge on any atom is -0.390 e. The summed E-state index contributed by atoms with van der Waals surface area (Å²) in [6, 6.07) is -0.684. The third-order valence-electron chi connectivity index (χ3n) is 7.36. The summed E-state index contributed by atoms with van der Waals surface area (Å²) in [5.41, 5.74) is 5.79. The molecule has 210 valence electrons. The van der Waals surface area contributed by atoms with Crippen LogP contribution in [0.5, 0.6) is 0 Å². The molecule has 0 heterocycles. The van der Waals surface area contributed by atoms with E-state index in [2.05, 4.69) is 13.8 Å². The summed E-state index contributed by atoms with van der Waals surface area (Å²) >= 11 is 0. The fourth-order valence-corrected chi connectivity index (χ4v) is 5.07. The lowest BCUT2D eigenvalue weighted by Gasteiger charge is -2.42. The van der Waals surface area contributed by atoms with Gasteiger partial charge in [0.05, 0.1) is 42.7 Å². The number of aliphatic hydroxyl groups is 3. The normalized spacial score (nSPS) is 26.0. The van der Waals surface area contributed by atoms with Crippen LogP contribution in [0, 0.1) is 5.92 Å². The summed E-state index contributed by atoms with van der Waals surface area (Å²) in [7, 11) is 0. The van der Waals surface area contributed by atoms with Gasteiger partial charge in [-0.05, 0) is 46.0 Å². The second-order valence-corrected chi connectivity index (χ2v) is 12.0. The maximum absolute atomic E-state index is 10.8. The molecule has 0 amide bonds. The first-order chi connectivity index (χ1) is 16.6. The van der Waals surface area contributed by atoms with Crippen LogP contribution in [-0.4, -0.2) is 64.1 Å². The molecule has 5 N–H and O–H groups in total. The molecule has 0 aromatic rings. The molecule has 0 aromatic heterocycles. The summed E-state index contributed by atoms with van der Waals surface area (Å²) in [4.78, 5) is 0. The fraction of sp³-hybridized carbons (Fsp3) is 1.00. The molecule has 1 saturated carbocycles. The van der Waals surface area contributed by atoms with E-state index in [4.69, 9.17) is 15.2 Å². The van der Waals surface area contributed by atoms with Gasteiger partial charge in [0.1, 0.15) is 6.10 Å².